The highest BCUT2D eigenvalue weighted by molar-refractivity contribution is 6.16. The molecule has 4 atom stereocenters. The molecule has 4 aliphatic rings. The summed E-state index contributed by atoms with van der Waals surface area (Å²) in [6.45, 7) is 0. The quantitative estimate of drug-likeness (QED) is 0.539. The minimum absolute atomic E-state index is 0.0261. The largest absolute Gasteiger partial charge is 0.433 e. The van der Waals surface area contributed by atoms with Crippen molar-refractivity contribution in [3.05, 3.63) is 0 Å². The van der Waals surface area contributed by atoms with E-state index in [0.29, 0.717) is 25.7 Å². The van der Waals surface area contributed by atoms with E-state index in [9.17, 15) is 19.2 Å². The van der Waals surface area contributed by atoms with Crippen LogP contribution in [0.25, 0.3) is 0 Å². The number of rotatable bonds is 3. The number of hydrogen-bond acceptors (Lipinski definition) is 6. The minimum atomic E-state index is -1.22. The molecule has 4 saturated heterocycles. The number of carbonyl (C=O) groups excluding carboxylic acids is 4. The van der Waals surface area contributed by atoms with Gasteiger partial charge in [-0.25, -0.2) is 9.59 Å². The molecule has 4 rings (SSSR count). The molecule has 4 fully saturated rings. The van der Waals surface area contributed by atoms with Gasteiger partial charge in [-0.2, -0.15) is 0 Å². The van der Waals surface area contributed by atoms with E-state index in [2.05, 4.69) is 10.6 Å². The summed E-state index contributed by atoms with van der Waals surface area (Å²) < 4.78 is 9.79. The Labute approximate surface area is 138 Å². The van der Waals surface area contributed by atoms with Crippen molar-refractivity contribution >= 4 is 23.8 Å². The summed E-state index contributed by atoms with van der Waals surface area (Å²) in [5.41, 5.74) is -2.44. The van der Waals surface area contributed by atoms with Gasteiger partial charge in [-0.15, -0.1) is 0 Å². The van der Waals surface area contributed by atoms with Crippen LogP contribution in [0.5, 0.6) is 0 Å². The van der Waals surface area contributed by atoms with Crippen molar-refractivity contribution < 1.29 is 28.7 Å². The Morgan fingerprint density at radius 1 is 0.792 bits per heavy atom. The summed E-state index contributed by atoms with van der Waals surface area (Å²) in [7, 11) is 0. The molecule has 2 amide bonds. The molecule has 2 N–H and O–H groups in total. The van der Waals surface area contributed by atoms with E-state index in [0.717, 1.165) is 25.7 Å². The van der Waals surface area contributed by atoms with Gasteiger partial charge in [0.05, 0.1) is 0 Å². The smallest absolute Gasteiger partial charge is 0.362 e. The van der Waals surface area contributed by atoms with Gasteiger partial charge in [0.25, 0.3) is 23.0 Å². The molecule has 0 saturated carbocycles. The van der Waals surface area contributed by atoms with Crippen LogP contribution >= 0.6 is 0 Å². The summed E-state index contributed by atoms with van der Waals surface area (Å²) in [4.78, 5) is 46.9. The molecule has 0 aliphatic carbocycles. The first-order chi connectivity index (χ1) is 11.5. The number of nitrogens with one attached hydrogen (secondary N) is 2. The maximum absolute atomic E-state index is 12.1. The Bertz CT molecular complexity index is 580. The van der Waals surface area contributed by atoms with Gasteiger partial charge < -0.3 is 20.1 Å². The second-order valence-corrected chi connectivity index (χ2v) is 7.14. The maximum atomic E-state index is 12.1. The Balaban J connectivity index is 1.30. The fraction of sp³-hybridized carbons (Fsp3) is 0.750. The van der Waals surface area contributed by atoms with Crippen LogP contribution in [-0.4, -0.2) is 47.0 Å². The highest BCUT2D eigenvalue weighted by atomic mass is 16.7. The fourth-order valence-electron chi connectivity index (χ4n) is 3.86. The Kier molecular flexibility index (Phi) is 3.33. The molecule has 4 aliphatic heterocycles. The lowest BCUT2D eigenvalue weighted by atomic mass is 9.98. The highest BCUT2D eigenvalue weighted by Gasteiger charge is 2.65. The predicted molar refractivity (Wildman–Crippen MR) is 78.4 cm³/mol. The third-order valence-corrected chi connectivity index (χ3v) is 5.54. The van der Waals surface area contributed by atoms with Crippen molar-refractivity contribution in [1.29, 1.82) is 0 Å². The SMILES string of the molecule is O=C1NC(CCC2CCCC3(OC3=O)C(=O)N2)CCCC12OC2=O. The number of amides is 2. The number of epoxide rings is 2. The second-order valence-electron chi connectivity index (χ2n) is 7.14. The topological polar surface area (TPSA) is 117 Å². The molecule has 4 heterocycles. The number of hydrogen-bond donors (Lipinski definition) is 2. The van der Waals surface area contributed by atoms with E-state index in [1.54, 1.807) is 0 Å². The van der Waals surface area contributed by atoms with Gasteiger partial charge in [-0.05, 0) is 38.5 Å². The molecule has 24 heavy (non-hydrogen) atoms. The highest BCUT2D eigenvalue weighted by Crippen LogP contribution is 2.39. The van der Waals surface area contributed by atoms with Crippen LogP contribution in [0.3, 0.4) is 0 Å². The van der Waals surface area contributed by atoms with Crippen molar-refractivity contribution in [3.63, 3.8) is 0 Å². The summed E-state index contributed by atoms with van der Waals surface area (Å²) >= 11 is 0. The van der Waals surface area contributed by atoms with Crippen molar-refractivity contribution in [2.24, 2.45) is 0 Å². The van der Waals surface area contributed by atoms with E-state index in [4.69, 9.17) is 9.47 Å². The molecule has 130 valence electrons. The Hall–Kier alpha value is -2.12. The third-order valence-electron chi connectivity index (χ3n) is 5.54. The van der Waals surface area contributed by atoms with Crippen LogP contribution in [0, 0.1) is 0 Å². The van der Waals surface area contributed by atoms with Crippen LogP contribution in [0.2, 0.25) is 0 Å². The van der Waals surface area contributed by atoms with Gasteiger partial charge in [0.2, 0.25) is 0 Å². The first-order valence-corrected chi connectivity index (χ1v) is 8.55. The van der Waals surface area contributed by atoms with Crippen LogP contribution in [-0.2, 0) is 28.7 Å². The molecule has 8 nitrogen and oxygen atoms in total. The Morgan fingerprint density at radius 2 is 1.17 bits per heavy atom. The lowest BCUT2D eigenvalue weighted by Crippen LogP contribution is -2.44. The summed E-state index contributed by atoms with van der Waals surface area (Å²) in [5, 5.41) is 5.78. The molecular formula is C16H20N2O6. The first-order valence-electron chi connectivity index (χ1n) is 8.55. The number of ether oxygens (including phenoxy) is 2. The third kappa shape index (κ3) is 2.35. The van der Waals surface area contributed by atoms with Crippen molar-refractivity contribution in [1.82, 2.24) is 10.6 Å². The van der Waals surface area contributed by atoms with Crippen LogP contribution in [0.4, 0.5) is 0 Å². The van der Waals surface area contributed by atoms with Gasteiger partial charge in [0.15, 0.2) is 0 Å². The number of carbonyl (C=O) groups is 4. The summed E-state index contributed by atoms with van der Waals surface area (Å²) in [6.07, 6.45) is 5.38. The lowest BCUT2D eigenvalue weighted by Gasteiger charge is -2.20. The molecule has 2 spiro atoms. The fourth-order valence-corrected chi connectivity index (χ4v) is 3.86. The van der Waals surface area contributed by atoms with E-state index >= 15 is 0 Å². The summed E-state index contributed by atoms with van der Waals surface area (Å²) in [6, 6.07) is -0.0522. The average molecular weight is 336 g/mol. The summed E-state index contributed by atoms with van der Waals surface area (Å²) in [5.74, 6) is -1.54. The molecule has 0 aromatic rings. The Morgan fingerprint density at radius 3 is 1.50 bits per heavy atom. The standard InChI is InChI=1S/C16H20N2O6/c19-11-15(13(21)23-15)7-1-3-9(17-11)5-6-10-4-2-8-16(12(20)18-10)14(22)24-16/h9-10H,1-8H2,(H,17,19)(H,18,20). The van der Waals surface area contributed by atoms with Gasteiger partial charge in [0, 0.05) is 24.9 Å². The zero-order valence-corrected chi connectivity index (χ0v) is 13.3. The van der Waals surface area contributed by atoms with Crippen molar-refractivity contribution in [3.8, 4) is 0 Å². The molecule has 0 aromatic carbocycles. The molecule has 4 unspecified atom stereocenters. The van der Waals surface area contributed by atoms with E-state index in [1.807, 2.05) is 0 Å². The van der Waals surface area contributed by atoms with Crippen LogP contribution in [0.1, 0.15) is 51.4 Å². The lowest BCUT2D eigenvalue weighted by molar-refractivity contribution is -0.128. The maximum Gasteiger partial charge on any atom is 0.362 e. The molecule has 8 heteroatoms. The van der Waals surface area contributed by atoms with Crippen molar-refractivity contribution in [2.75, 3.05) is 0 Å². The predicted octanol–water partition coefficient (Wildman–Crippen LogP) is -0.305. The first kappa shape index (κ1) is 15.4. The van der Waals surface area contributed by atoms with Crippen molar-refractivity contribution in [2.45, 2.75) is 74.7 Å². The zero-order chi connectivity index (χ0) is 16.9. The van der Waals surface area contributed by atoms with Gasteiger partial charge in [-0.3, -0.25) is 9.59 Å². The van der Waals surface area contributed by atoms with E-state index in [-0.39, 0.29) is 23.9 Å². The van der Waals surface area contributed by atoms with Gasteiger partial charge in [-0.1, -0.05) is 0 Å². The average Bonchev–Trinajstić information content (AvgIpc) is 3.41. The minimum Gasteiger partial charge on any atom is -0.433 e. The molecule has 0 bridgehead atoms. The van der Waals surface area contributed by atoms with Gasteiger partial charge >= 0.3 is 11.9 Å². The van der Waals surface area contributed by atoms with Crippen LogP contribution < -0.4 is 10.6 Å². The molecule has 0 aromatic heterocycles. The second kappa shape index (κ2) is 5.19. The normalized spacial score (nSPS) is 41.0. The van der Waals surface area contributed by atoms with Crippen LogP contribution in [0.15, 0.2) is 0 Å². The van der Waals surface area contributed by atoms with E-state index < -0.39 is 23.1 Å². The molecule has 0 radical (unpaired) electrons. The zero-order valence-electron chi connectivity index (χ0n) is 13.3. The van der Waals surface area contributed by atoms with E-state index in [1.165, 1.54) is 0 Å². The molecular weight excluding hydrogens is 316 g/mol. The monoisotopic (exact) mass is 336 g/mol. The van der Waals surface area contributed by atoms with Gasteiger partial charge in [0.1, 0.15) is 0 Å².